The molecule has 0 bridgehead atoms. The summed E-state index contributed by atoms with van der Waals surface area (Å²) in [4.78, 5) is 20.4. The first-order valence-electron chi connectivity index (χ1n) is 10.4. The molecule has 2 aliphatic carbocycles. The van der Waals surface area contributed by atoms with E-state index in [1.54, 1.807) is 0 Å². The lowest BCUT2D eigenvalue weighted by Crippen LogP contribution is -2.38. The number of fused-ring (bicyclic) bond motifs is 1. The Morgan fingerprint density at radius 3 is 2.83 bits per heavy atom. The molecule has 0 radical (unpaired) electrons. The zero-order chi connectivity index (χ0) is 19.8. The molecule has 7 heteroatoms. The average molecular weight is 388 g/mol. The minimum absolute atomic E-state index is 0.0566. The molecule has 148 valence electrons. The number of amides is 1. The fourth-order valence-electron chi connectivity index (χ4n) is 4.41. The molecule has 0 aromatic carbocycles. The molecule has 1 N–H and O–H groups in total. The smallest absolute Gasteiger partial charge is 0.239 e. The molecule has 3 aromatic heterocycles. The van der Waals surface area contributed by atoms with E-state index in [2.05, 4.69) is 26.4 Å². The van der Waals surface area contributed by atoms with Crippen LogP contribution in [0.5, 0.6) is 0 Å². The van der Waals surface area contributed by atoms with E-state index < -0.39 is 0 Å². The van der Waals surface area contributed by atoms with E-state index in [1.807, 2.05) is 39.7 Å². The summed E-state index contributed by atoms with van der Waals surface area (Å²) in [5.41, 5.74) is 2.56. The third-order valence-corrected chi connectivity index (χ3v) is 6.21. The zero-order valence-corrected chi connectivity index (χ0v) is 16.3. The highest BCUT2D eigenvalue weighted by Gasteiger charge is 2.38. The first kappa shape index (κ1) is 17.9. The van der Waals surface area contributed by atoms with Crippen LogP contribution < -0.4 is 5.32 Å². The third kappa shape index (κ3) is 3.29. The lowest BCUT2D eigenvalue weighted by Gasteiger charge is -2.33. The number of hydrogen-bond acceptors (Lipinski definition) is 3. The van der Waals surface area contributed by atoms with Gasteiger partial charge in [-0.05, 0) is 37.8 Å². The van der Waals surface area contributed by atoms with Crippen molar-refractivity contribution in [1.82, 2.24) is 19.2 Å². The summed E-state index contributed by atoms with van der Waals surface area (Å²) in [6.45, 7) is 7.90. The summed E-state index contributed by atoms with van der Waals surface area (Å²) in [6, 6.07) is 5.93. The molecule has 2 saturated carbocycles. The molecule has 0 atom stereocenters. The highest BCUT2D eigenvalue weighted by Crippen LogP contribution is 2.36. The van der Waals surface area contributed by atoms with Crippen molar-refractivity contribution in [1.29, 1.82) is 0 Å². The van der Waals surface area contributed by atoms with Gasteiger partial charge in [-0.2, -0.15) is 5.10 Å². The summed E-state index contributed by atoms with van der Waals surface area (Å²) in [6.07, 6.45) is 13.3. The van der Waals surface area contributed by atoms with Gasteiger partial charge < -0.3 is 10.2 Å². The molecule has 3 heterocycles. The average Bonchev–Trinajstić information content (AvgIpc) is 3.32. The Bertz CT molecular complexity index is 1090. The number of rotatable bonds is 5. The van der Waals surface area contributed by atoms with Crippen molar-refractivity contribution in [2.24, 2.45) is 5.92 Å². The standard InChI is InChI=1S/C22H24N6O/c1-23-15-22(10-3-2-4-11-22)28-13-17(12-24-28)18-6-5-7-20-25-19(14-27(18)20)26-21(29)16-8-9-16/h5-7,12-14,16H,2-4,8-11,15H2,(H,26,29). The molecule has 0 spiro atoms. The highest BCUT2D eigenvalue weighted by atomic mass is 16.2. The predicted molar refractivity (Wildman–Crippen MR) is 110 cm³/mol. The van der Waals surface area contributed by atoms with Gasteiger partial charge in [0.2, 0.25) is 12.5 Å². The second kappa shape index (κ2) is 7.03. The second-order valence-corrected chi connectivity index (χ2v) is 8.30. The molecule has 0 aliphatic heterocycles. The van der Waals surface area contributed by atoms with Crippen LogP contribution in [0.2, 0.25) is 0 Å². The van der Waals surface area contributed by atoms with E-state index in [0.717, 1.165) is 55.4 Å². The van der Waals surface area contributed by atoms with E-state index in [9.17, 15) is 4.79 Å². The van der Waals surface area contributed by atoms with Crippen LogP contribution in [0.4, 0.5) is 5.82 Å². The molecule has 2 fully saturated rings. The molecular weight excluding hydrogens is 364 g/mol. The van der Waals surface area contributed by atoms with Crippen LogP contribution >= 0.6 is 0 Å². The van der Waals surface area contributed by atoms with Crippen molar-refractivity contribution in [2.75, 3.05) is 11.9 Å². The highest BCUT2D eigenvalue weighted by molar-refractivity contribution is 5.93. The maximum Gasteiger partial charge on any atom is 0.239 e. The summed E-state index contributed by atoms with van der Waals surface area (Å²) in [5.74, 6) is 0.784. The van der Waals surface area contributed by atoms with E-state index in [-0.39, 0.29) is 17.4 Å². The minimum Gasteiger partial charge on any atom is -0.314 e. The molecule has 3 aromatic rings. The Labute approximate surface area is 169 Å². The van der Waals surface area contributed by atoms with Gasteiger partial charge in [-0.25, -0.2) is 11.6 Å². The van der Waals surface area contributed by atoms with Crippen LogP contribution in [0.15, 0.2) is 36.8 Å². The summed E-state index contributed by atoms with van der Waals surface area (Å²) in [7, 11) is 0. The molecule has 7 nitrogen and oxygen atoms in total. The number of hydrogen-bond donors (Lipinski definition) is 1. The number of imidazole rings is 1. The van der Waals surface area contributed by atoms with Crippen molar-refractivity contribution in [3.63, 3.8) is 0 Å². The van der Waals surface area contributed by atoms with Gasteiger partial charge in [0.25, 0.3) is 0 Å². The summed E-state index contributed by atoms with van der Waals surface area (Å²) >= 11 is 0. The quantitative estimate of drug-likeness (QED) is 0.669. The SMILES string of the molecule is [C-]#[N+]CC1(n2cc(-c3cccc4nc(NC(=O)C5CC5)cn34)cn2)CCCCC1. The number of nitrogens with one attached hydrogen (secondary N) is 1. The molecule has 1 amide bonds. The van der Waals surface area contributed by atoms with Gasteiger partial charge in [-0.15, -0.1) is 0 Å². The lowest BCUT2D eigenvalue weighted by molar-refractivity contribution is -0.117. The summed E-state index contributed by atoms with van der Waals surface area (Å²) < 4.78 is 4.01. The molecule has 2 aliphatic rings. The van der Waals surface area contributed by atoms with Crippen molar-refractivity contribution in [3.8, 4) is 11.3 Å². The monoisotopic (exact) mass is 388 g/mol. The van der Waals surface area contributed by atoms with Crippen molar-refractivity contribution in [3.05, 3.63) is 48.2 Å². The van der Waals surface area contributed by atoms with Crippen LogP contribution in [0.3, 0.4) is 0 Å². The van der Waals surface area contributed by atoms with Crippen LogP contribution in [0.25, 0.3) is 21.7 Å². The lowest BCUT2D eigenvalue weighted by atomic mass is 9.82. The number of pyridine rings is 1. The second-order valence-electron chi connectivity index (χ2n) is 8.30. The molecule has 29 heavy (non-hydrogen) atoms. The predicted octanol–water partition coefficient (Wildman–Crippen LogP) is 4.12. The van der Waals surface area contributed by atoms with Gasteiger partial charge in [0.15, 0.2) is 5.82 Å². The van der Waals surface area contributed by atoms with Crippen LogP contribution in [-0.2, 0) is 10.3 Å². The van der Waals surface area contributed by atoms with E-state index in [4.69, 9.17) is 6.57 Å². The number of carbonyl (C=O) groups is 1. The Balaban J connectivity index is 1.48. The fraction of sp³-hybridized carbons (Fsp3) is 0.455. The fourth-order valence-corrected chi connectivity index (χ4v) is 4.41. The molecular formula is C22H24N6O. The van der Waals surface area contributed by atoms with Crippen molar-refractivity contribution >= 4 is 17.4 Å². The summed E-state index contributed by atoms with van der Waals surface area (Å²) in [5, 5.41) is 7.60. The van der Waals surface area contributed by atoms with Gasteiger partial charge in [0.1, 0.15) is 11.2 Å². The number of aromatic nitrogens is 4. The first-order valence-corrected chi connectivity index (χ1v) is 10.4. The third-order valence-electron chi connectivity index (χ3n) is 6.21. The molecule has 0 saturated heterocycles. The van der Waals surface area contributed by atoms with Gasteiger partial charge in [-0.3, -0.25) is 13.9 Å². The Kier molecular flexibility index (Phi) is 4.35. The van der Waals surface area contributed by atoms with Crippen LogP contribution in [-0.4, -0.2) is 31.6 Å². The number of anilines is 1. The largest absolute Gasteiger partial charge is 0.314 e. The number of nitrogens with zero attached hydrogens (tertiary/aromatic N) is 5. The molecule has 0 unspecified atom stereocenters. The van der Waals surface area contributed by atoms with Gasteiger partial charge >= 0.3 is 0 Å². The van der Waals surface area contributed by atoms with Crippen molar-refractivity contribution in [2.45, 2.75) is 50.5 Å². The number of carbonyl (C=O) groups excluding carboxylic acids is 1. The molecule has 5 rings (SSSR count). The van der Waals surface area contributed by atoms with Crippen LogP contribution in [0.1, 0.15) is 44.9 Å². The minimum atomic E-state index is -0.190. The Hall–Kier alpha value is -3.14. The van der Waals surface area contributed by atoms with E-state index >= 15 is 0 Å². The Morgan fingerprint density at radius 1 is 1.24 bits per heavy atom. The maximum atomic E-state index is 12.1. The Morgan fingerprint density at radius 2 is 2.07 bits per heavy atom. The van der Waals surface area contributed by atoms with Gasteiger partial charge in [-0.1, -0.05) is 25.3 Å². The van der Waals surface area contributed by atoms with Crippen LogP contribution in [0, 0.1) is 12.5 Å². The van der Waals surface area contributed by atoms with E-state index in [0.29, 0.717) is 12.4 Å². The zero-order valence-electron chi connectivity index (χ0n) is 16.3. The van der Waals surface area contributed by atoms with Gasteiger partial charge in [0, 0.05) is 17.7 Å². The topological polar surface area (TPSA) is 68.6 Å². The normalized spacial score (nSPS) is 18.4. The van der Waals surface area contributed by atoms with Crippen molar-refractivity contribution < 1.29 is 4.79 Å². The van der Waals surface area contributed by atoms with Gasteiger partial charge in [0.05, 0.1) is 18.1 Å². The maximum absolute atomic E-state index is 12.1. The first-order chi connectivity index (χ1) is 14.2. The van der Waals surface area contributed by atoms with E-state index in [1.165, 1.54) is 6.42 Å².